The number of thioether (sulfide) groups is 1. The first-order valence-electron chi connectivity index (χ1n) is 8.46. The number of benzene rings is 2. The van der Waals surface area contributed by atoms with Crippen LogP contribution in [0.15, 0.2) is 58.2 Å². The van der Waals surface area contributed by atoms with E-state index in [0.29, 0.717) is 39.0 Å². The van der Waals surface area contributed by atoms with E-state index >= 15 is 0 Å². The highest BCUT2D eigenvalue weighted by atomic mass is 35.5. The Kier molecular flexibility index (Phi) is 5.81. The second-order valence-corrected chi connectivity index (χ2v) is 7.27. The summed E-state index contributed by atoms with van der Waals surface area (Å²) in [6.07, 6.45) is 0. The zero-order valence-electron chi connectivity index (χ0n) is 15.1. The molecule has 4 rings (SSSR count). The number of ether oxygens (including phenoxy) is 1. The Morgan fingerprint density at radius 2 is 1.77 bits per heavy atom. The van der Waals surface area contributed by atoms with Crippen LogP contribution in [0.1, 0.15) is 5.89 Å². The molecule has 30 heavy (non-hydrogen) atoms. The average molecular weight is 451 g/mol. The van der Waals surface area contributed by atoms with E-state index < -0.39 is 6.61 Å². The first-order chi connectivity index (χ1) is 14.5. The van der Waals surface area contributed by atoms with Gasteiger partial charge in [0.05, 0.1) is 5.75 Å². The largest absolute Gasteiger partial charge is 0.435 e. The summed E-state index contributed by atoms with van der Waals surface area (Å²) in [5, 5.41) is 13.1. The highest BCUT2D eigenvalue weighted by Crippen LogP contribution is 2.26. The third kappa shape index (κ3) is 4.52. The van der Waals surface area contributed by atoms with E-state index in [4.69, 9.17) is 22.0 Å². The number of halogens is 3. The van der Waals surface area contributed by atoms with Crippen molar-refractivity contribution in [3.05, 3.63) is 59.4 Å². The van der Waals surface area contributed by atoms with Gasteiger partial charge in [0.25, 0.3) is 0 Å². The molecule has 0 aliphatic heterocycles. The third-order valence-corrected chi connectivity index (χ3v) is 5.08. The number of nitrogens with two attached hydrogens (primary N) is 1. The molecule has 12 heteroatoms. The monoisotopic (exact) mass is 450 g/mol. The van der Waals surface area contributed by atoms with Gasteiger partial charge in [0.1, 0.15) is 5.75 Å². The molecule has 2 aromatic carbocycles. The Morgan fingerprint density at radius 3 is 2.47 bits per heavy atom. The molecule has 0 fully saturated rings. The van der Waals surface area contributed by atoms with Gasteiger partial charge in [0.2, 0.25) is 16.9 Å². The van der Waals surface area contributed by atoms with Crippen molar-refractivity contribution in [1.82, 2.24) is 25.0 Å². The lowest BCUT2D eigenvalue weighted by Crippen LogP contribution is -2.11. The van der Waals surface area contributed by atoms with Crippen LogP contribution < -0.4 is 10.6 Å². The Bertz CT molecular complexity index is 1130. The number of nitrogens with zero attached hydrogens (tertiary/aromatic N) is 5. The Hall–Kier alpha value is -3.18. The molecule has 2 N–H and O–H groups in total. The molecule has 154 valence electrons. The van der Waals surface area contributed by atoms with Crippen molar-refractivity contribution in [3.63, 3.8) is 0 Å². The molecular weight excluding hydrogens is 438 g/mol. The van der Waals surface area contributed by atoms with Gasteiger partial charge >= 0.3 is 6.61 Å². The number of hydrogen-bond donors (Lipinski definition) is 1. The van der Waals surface area contributed by atoms with E-state index in [0.717, 1.165) is 5.56 Å². The molecule has 0 saturated carbocycles. The van der Waals surface area contributed by atoms with E-state index in [-0.39, 0.29) is 5.75 Å². The van der Waals surface area contributed by atoms with Gasteiger partial charge in [-0.25, -0.2) is 4.68 Å². The Morgan fingerprint density at radius 1 is 1.07 bits per heavy atom. The van der Waals surface area contributed by atoms with Crippen LogP contribution in [-0.2, 0) is 5.75 Å². The van der Waals surface area contributed by atoms with Gasteiger partial charge in [-0.2, -0.15) is 13.8 Å². The predicted molar refractivity (Wildman–Crippen MR) is 107 cm³/mol. The van der Waals surface area contributed by atoms with Gasteiger partial charge < -0.3 is 15.1 Å². The molecule has 2 heterocycles. The summed E-state index contributed by atoms with van der Waals surface area (Å²) in [7, 11) is 0. The minimum absolute atomic E-state index is 0.0410. The molecule has 0 spiro atoms. The van der Waals surface area contributed by atoms with Gasteiger partial charge in [-0.05, 0) is 48.5 Å². The van der Waals surface area contributed by atoms with Crippen molar-refractivity contribution in [3.8, 4) is 28.5 Å². The van der Waals surface area contributed by atoms with Crippen molar-refractivity contribution >= 4 is 23.4 Å². The topological polar surface area (TPSA) is 105 Å². The number of alkyl halides is 2. The zero-order chi connectivity index (χ0) is 21.1. The first-order valence-corrected chi connectivity index (χ1v) is 9.83. The summed E-state index contributed by atoms with van der Waals surface area (Å²) in [5.41, 5.74) is 1.38. The fourth-order valence-corrected chi connectivity index (χ4v) is 3.33. The Balaban J connectivity index is 1.43. The third-order valence-electron chi connectivity index (χ3n) is 3.90. The van der Waals surface area contributed by atoms with Crippen LogP contribution in [-0.4, -0.2) is 31.6 Å². The minimum atomic E-state index is -2.89. The number of nitrogen functional groups attached to an aromatic ring is 1. The van der Waals surface area contributed by atoms with Crippen molar-refractivity contribution in [2.45, 2.75) is 17.5 Å². The second-order valence-electron chi connectivity index (χ2n) is 5.89. The smallest absolute Gasteiger partial charge is 0.387 e. The lowest BCUT2D eigenvalue weighted by Gasteiger charge is -2.06. The minimum Gasteiger partial charge on any atom is -0.435 e. The maximum absolute atomic E-state index is 12.3. The van der Waals surface area contributed by atoms with Crippen LogP contribution >= 0.6 is 23.4 Å². The van der Waals surface area contributed by atoms with Crippen molar-refractivity contribution in [2.75, 3.05) is 5.84 Å². The average Bonchev–Trinajstić information content (AvgIpc) is 3.34. The van der Waals surface area contributed by atoms with Gasteiger partial charge in [-0.15, -0.1) is 10.2 Å². The summed E-state index contributed by atoms with van der Waals surface area (Å²) in [5.74, 6) is 7.65. The second kappa shape index (κ2) is 8.67. The molecule has 4 aromatic rings. The molecule has 0 unspecified atom stereocenters. The van der Waals surface area contributed by atoms with E-state index in [1.54, 1.807) is 36.4 Å². The van der Waals surface area contributed by atoms with E-state index in [2.05, 4.69) is 25.1 Å². The van der Waals surface area contributed by atoms with Crippen LogP contribution in [0.5, 0.6) is 5.75 Å². The molecule has 0 radical (unpaired) electrons. The molecule has 0 atom stereocenters. The Labute approximate surface area is 178 Å². The molecular formula is C18H13ClF2N6O2S. The predicted octanol–water partition coefficient (Wildman–Crippen LogP) is 4.26. The molecule has 0 aliphatic carbocycles. The van der Waals surface area contributed by atoms with Crippen LogP contribution in [0, 0.1) is 0 Å². The van der Waals surface area contributed by atoms with Crippen LogP contribution in [0.3, 0.4) is 0 Å². The lowest BCUT2D eigenvalue weighted by molar-refractivity contribution is -0.0498. The highest BCUT2D eigenvalue weighted by Gasteiger charge is 2.15. The summed E-state index contributed by atoms with van der Waals surface area (Å²) in [4.78, 5) is 4.34. The van der Waals surface area contributed by atoms with Gasteiger partial charge in [-0.3, -0.25) is 0 Å². The zero-order valence-corrected chi connectivity index (χ0v) is 16.6. The highest BCUT2D eigenvalue weighted by molar-refractivity contribution is 7.98. The summed E-state index contributed by atoms with van der Waals surface area (Å²) < 4.78 is 35.4. The molecule has 2 aromatic heterocycles. The summed E-state index contributed by atoms with van der Waals surface area (Å²) >= 11 is 7.14. The van der Waals surface area contributed by atoms with Crippen LogP contribution in [0.2, 0.25) is 5.02 Å². The van der Waals surface area contributed by atoms with Crippen LogP contribution in [0.4, 0.5) is 8.78 Å². The van der Waals surface area contributed by atoms with Gasteiger partial charge in [0.15, 0.2) is 5.82 Å². The fraction of sp³-hybridized carbons (Fsp3) is 0.111. The van der Waals surface area contributed by atoms with E-state index in [1.807, 2.05) is 0 Å². The number of rotatable bonds is 7. The lowest BCUT2D eigenvalue weighted by atomic mass is 10.2. The maximum atomic E-state index is 12.3. The van der Waals surface area contributed by atoms with E-state index in [1.165, 1.54) is 28.6 Å². The van der Waals surface area contributed by atoms with E-state index in [9.17, 15) is 8.78 Å². The summed E-state index contributed by atoms with van der Waals surface area (Å²) in [6.45, 7) is -2.89. The van der Waals surface area contributed by atoms with Crippen molar-refractivity contribution in [1.29, 1.82) is 0 Å². The molecule has 8 nitrogen and oxygen atoms in total. The molecule has 0 bridgehead atoms. The molecule has 0 aliphatic rings. The fourth-order valence-electron chi connectivity index (χ4n) is 2.51. The maximum Gasteiger partial charge on any atom is 0.387 e. The normalized spacial score (nSPS) is 11.2. The van der Waals surface area contributed by atoms with Crippen LogP contribution in [0.25, 0.3) is 22.8 Å². The quantitative estimate of drug-likeness (QED) is 0.329. The van der Waals surface area contributed by atoms with Crippen molar-refractivity contribution in [2.24, 2.45) is 0 Å². The molecule has 0 amide bonds. The summed E-state index contributed by atoms with van der Waals surface area (Å²) in [6, 6.07) is 13.0. The van der Waals surface area contributed by atoms with Gasteiger partial charge in [-0.1, -0.05) is 28.5 Å². The number of aromatic nitrogens is 5. The molecule has 0 saturated heterocycles. The number of hydrogen-bond acceptors (Lipinski definition) is 8. The van der Waals surface area contributed by atoms with Gasteiger partial charge in [0, 0.05) is 16.1 Å². The standard InChI is InChI=1S/C18H13ClF2N6O2S/c19-12-5-1-10(2-6-12)15-23-14(29-26-15)9-30-18-25-24-16(27(18)22)11-3-7-13(8-4-11)28-17(20)21/h1-8,17H,9,22H2. The SMILES string of the molecule is Nn1c(SCc2nc(-c3ccc(Cl)cc3)no2)nnc1-c1ccc(OC(F)F)cc1. The first kappa shape index (κ1) is 20.1. The van der Waals surface area contributed by atoms with Crippen molar-refractivity contribution < 1.29 is 18.0 Å².